The number of nitrogens with zero attached hydrogens (tertiary/aromatic N) is 6. The monoisotopic (exact) mass is 663 g/mol. The van der Waals surface area contributed by atoms with Gasteiger partial charge in [-0.05, 0) is 63.2 Å². The zero-order valence-electron chi connectivity index (χ0n) is 28.1. The number of allylic oxidation sites excluding steroid dienone is 1. The Labute approximate surface area is 282 Å². The van der Waals surface area contributed by atoms with Crippen molar-refractivity contribution in [2.75, 3.05) is 52.9 Å². The molecule has 1 N–H and O–H groups in total. The summed E-state index contributed by atoms with van der Waals surface area (Å²) in [4.78, 5) is 67.5. The van der Waals surface area contributed by atoms with Gasteiger partial charge in [0.25, 0.3) is 5.91 Å². The SMILES string of the molecule is CC(=O)N1CCN(Cc2ccc(C(=O)NC3=NC4=CC(N(C)C(=O)CC5CCCC5)=CCC4(C)N3CCCN3CCCC3=O)s2)CC1. The van der Waals surface area contributed by atoms with Gasteiger partial charge in [0.2, 0.25) is 23.7 Å². The highest BCUT2D eigenvalue weighted by Crippen LogP contribution is 2.40. The van der Waals surface area contributed by atoms with Crippen molar-refractivity contribution in [3.8, 4) is 0 Å². The van der Waals surface area contributed by atoms with Gasteiger partial charge in [-0.3, -0.25) is 29.4 Å². The van der Waals surface area contributed by atoms with Gasteiger partial charge in [0.1, 0.15) is 0 Å². The number of nitrogens with one attached hydrogen (secondary N) is 1. The van der Waals surface area contributed by atoms with Crippen LogP contribution in [0.25, 0.3) is 0 Å². The Hall–Kier alpha value is -3.51. The molecule has 2 aliphatic carbocycles. The number of piperazine rings is 1. The Balaban J connectivity index is 1.14. The van der Waals surface area contributed by atoms with Gasteiger partial charge in [-0.1, -0.05) is 18.9 Å². The first-order valence-corrected chi connectivity index (χ1v) is 18.1. The second-order valence-corrected chi connectivity index (χ2v) is 15.0. The number of hydrogen-bond acceptors (Lipinski definition) is 8. The molecule has 6 rings (SSSR count). The normalized spacial score (nSPS) is 23.5. The van der Waals surface area contributed by atoms with Crippen molar-refractivity contribution in [1.82, 2.24) is 29.8 Å². The number of rotatable bonds is 10. The molecule has 12 heteroatoms. The summed E-state index contributed by atoms with van der Waals surface area (Å²) in [6.07, 6.45) is 12.3. The number of hydrogen-bond donors (Lipinski definition) is 1. The number of guanidine groups is 1. The highest BCUT2D eigenvalue weighted by molar-refractivity contribution is 7.14. The van der Waals surface area contributed by atoms with E-state index in [2.05, 4.69) is 28.1 Å². The van der Waals surface area contributed by atoms with E-state index in [1.54, 1.807) is 11.8 Å². The average Bonchev–Trinajstić information content (AvgIpc) is 3.86. The maximum absolute atomic E-state index is 13.6. The van der Waals surface area contributed by atoms with Crippen molar-refractivity contribution in [3.63, 3.8) is 0 Å². The molecule has 4 heterocycles. The van der Waals surface area contributed by atoms with Crippen molar-refractivity contribution < 1.29 is 19.2 Å². The molecule has 1 atom stereocenters. The van der Waals surface area contributed by atoms with Crippen LogP contribution < -0.4 is 5.32 Å². The number of carbonyl (C=O) groups excluding carboxylic acids is 4. The Morgan fingerprint density at radius 2 is 1.83 bits per heavy atom. The second kappa shape index (κ2) is 14.3. The average molecular weight is 664 g/mol. The molecule has 11 nitrogen and oxygen atoms in total. The third kappa shape index (κ3) is 7.48. The molecule has 1 saturated carbocycles. The molecule has 3 aliphatic heterocycles. The molecular formula is C35H49N7O4S. The molecule has 0 aromatic carbocycles. The third-order valence-corrected chi connectivity index (χ3v) is 11.7. The lowest BCUT2D eigenvalue weighted by atomic mass is 9.87. The standard InChI is InChI=1S/C35H49N7O4S/c1-25(43)40-20-18-39(19-21-40)24-28-11-12-29(47-28)33(46)37-34-36-30-23-27(38(3)32(45)22-26-8-4-5-9-26)13-14-35(30,2)42(34)17-7-16-41-15-6-10-31(41)44/h11-13,23,26H,4-10,14-22,24H2,1-3H3,(H,36,37,46). The van der Waals surface area contributed by atoms with Gasteiger partial charge in [-0.25, -0.2) is 4.99 Å². The van der Waals surface area contributed by atoms with Gasteiger partial charge in [0.15, 0.2) is 0 Å². The minimum atomic E-state index is -0.473. The highest BCUT2D eigenvalue weighted by atomic mass is 32.1. The predicted molar refractivity (Wildman–Crippen MR) is 182 cm³/mol. The van der Waals surface area contributed by atoms with Crippen LogP contribution >= 0.6 is 11.3 Å². The first-order valence-electron chi connectivity index (χ1n) is 17.3. The fourth-order valence-electron chi connectivity index (χ4n) is 7.55. The van der Waals surface area contributed by atoms with Crippen LogP contribution in [0, 0.1) is 5.92 Å². The van der Waals surface area contributed by atoms with E-state index in [9.17, 15) is 19.2 Å². The van der Waals surface area contributed by atoms with Crippen molar-refractivity contribution in [2.45, 2.75) is 83.7 Å². The summed E-state index contributed by atoms with van der Waals surface area (Å²) in [5.41, 5.74) is 1.21. The van der Waals surface area contributed by atoms with Gasteiger partial charge in [-0.15, -0.1) is 11.3 Å². The van der Waals surface area contributed by atoms with Crippen LogP contribution in [0.4, 0.5) is 0 Å². The maximum Gasteiger partial charge on any atom is 0.268 e. The second-order valence-electron chi connectivity index (χ2n) is 13.9. The number of carbonyl (C=O) groups is 4. The van der Waals surface area contributed by atoms with Crippen molar-refractivity contribution in [2.24, 2.45) is 10.9 Å². The first-order chi connectivity index (χ1) is 22.6. The molecule has 0 radical (unpaired) electrons. The summed E-state index contributed by atoms with van der Waals surface area (Å²) in [5, 5.41) is 3.13. The zero-order chi connectivity index (χ0) is 33.1. The van der Waals surface area contributed by atoms with E-state index in [1.807, 2.05) is 35.1 Å². The lowest BCUT2D eigenvalue weighted by molar-refractivity contribution is -0.131. The molecule has 0 spiro atoms. The molecule has 3 fully saturated rings. The molecule has 1 aromatic heterocycles. The third-order valence-electron chi connectivity index (χ3n) is 10.6. The molecule has 2 saturated heterocycles. The first kappa shape index (κ1) is 33.4. The van der Waals surface area contributed by atoms with Crippen LogP contribution in [-0.2, 0) is 20.9 Å². The van der Waals surface area contributed by atoms with E-state index in [-0.39, 0.29) is 23.6 Å². The summed E-state index contributed by atoms with van der Waals surface area (Å²) in [5.74, 6) is 1.27. The summed E-state index contributed by atoms with van der Waals surface area (Å²) in [6.45, 7) is 9.72. The molecule has 254 valence electrons. The molecule has 1 aromatic rings. The van der Waals surface area contributed by atoms with E-state index in [0.717, 1.165) is 81.2 Å². The van der Waals surface area contributed by atoms with Gasteiger partial charge in [0, 0.05) is 89.7 Å². The van der Waals surface area contributed by atoms with E-state index in [1.165, 1.54) is 24.2 Å². The Kier molecular flexibility index (Phi) is 10.2. The quantitative estimate of drug-likeness (QED) is 0.408. The van der Waals surface area contributed by atoms with E-state index in [4.69, 9.17) is 4.99 Å². The Morgan fingerprint density at radius 1 is 1.06 bits per heavy atom. The molecule has 0 bridgehead atoms. The van der Waals surface area contributed by atoms with Crippen molar-refractivity contribution >= 4 is 40.9 Å². The van der Waals surface area contributed by atoms with Crippen molar-refractivity contribution in [1.29, 1.82) is 0 Å². The van der Waals surface area contributed by atoms with Crippen LogP contribution in [0.2, 0.25) is 0 Å². The smallest absolute Gasteiger partial charge is 0.268 e. The topological polar surface area (TPSA) is 109 Å². The van der Waals surface area contributed by atoms with Crippen LogP contribution in [0.3, 0.4) is 0 Å². The lowest BCUT2D eigenvalue weighted by Crippen LogP contribution is -2.52. The number of thiophene rings is 1. The molecular weight excluding hydrogens is 614 g/mol. The van der Waals surface area contributed by atoms with Crippen molar-refractivity contribution in [3.05, 3.63) is 45.4 Å². The highest BCUT2D eigenvalue weighted by Gasteiger charge is 2.45. The maximum atomic E-state index is 13.6. The zero-order valence-corrected chi connectivity index (χ0v) is 28.9. The molecule has 4 amide bonds. The van der Waals surface area contributed by atoms with Gasteiger partial charge >= 0.3 is 0 Å². The Morgan fingerprint density at radius 3 is 2.53 bits per heavy atom. The number of amides is 4. The fraction of sp³-hybridized carbons (Fsp3) is 0.629. The Bertz CT molecular complexity index is 1470. The summed E-state index contributed by atoms with van der Waals surface area (Å²) >= 11 is 1.49. The van der Waals surface area contributed by atoms with Crippen LogP contribution in [-0.4, -0.2) is 112 Å². The van der Waals surface area contributed by atoms with Crippen LogP contribution in [0.5, 0.6) is 0 Å². The minimum absolute atomic E-state index is 0.115. The summed E-state index contributed by atoms with van der Waals surface area (Å²) in [7, 11) is 1.85. The number of likely N-dealkylation sites (N-methyl/N-ethyl adjacent to an activating group) is 1. The number of likely N-dealkylation sites (tertiary alicyclic amines) is 1. The summed E-state index contributed by atoms with van der Waals surface area (Å²) in [6, 6.07) is 3.88. The van der Waals surface area contributed by atoms with Crippen LogP contribution in [0.1, 0.15) is 86.2 Å². The van der Waals surface area contributed by atoms with E-state index >= 15 is 0 Å². The molecule has 1 unspecified atom stereocenters. The fourth-order valence-corrected chi connectivity index (χ4v) is 8.49. The largest absolute Gasteiger partial charge is 0.343 e. The lowest BCUT2D eigenvalue weighted by Gasteiger charge is -2.39. The van der Waals surface area contributed by atoms with Gasteiger partial charge in [0.05, 0.1) is 16.1 Å². The van der Waals surface area contributed by atoms with Gasteiger partial charge < -0.3 is 19.6 Å². The minimum Gasteiger partial charge on any atom is -0.343 e. The summed E-state index contributed by atoms with van der Waals surface area (Å²) < 4.78 is 0. The van der Waals surface area contributed by atoms with Gasteiger partial charge in [-0.2, -0.15) is 0 Å². The molecule has 5 aliphatic rings. The predicted octanol–water partition coefficient (Wildman–Crippen LogP) is 3.80. The van der Waals surface area contributed by atoms with Crippen LogP contribution in [0.15, 0.2) is 40.7 Å². The van der Waals surface area contributed by atoms with E-state index in [0.29, 0.717) is 49.1 Å². The molecule has 47 heavy (non-hydrogen) atoms. The number of fused-ring (bicyclic) bond motifs is 1. The number of aliphatic imine (C=N–C) groups is 1. The van der Waals surface area contributed by atoms with E-state index < -0.39 is 5.54 Å².